The van der Waals surface area contributed by atoms with Gasteiger partial charge < -0.3 is 5.32 Å². The monoisotopic (exact) mass is 350 g/mol. The van der Waals surface area contributed by atoms with Crippen LogP contribution in [0.15, 0.2) is 53.5 Å². The van der Waals surface area contributed by atoms with Crippen LogP contribution in [0.2, 0.25) is 10.0 Å². The van der Waals surface area contributed by atoms with Crippen LogP contribution in [0.3, 0.4) is 0 Å². The molecule has 0 saturated carbocycles. The number of aliphatic imine (C=N–C) groups is 1. The maximum Gasteiger partial charge on any atom is 0.157 e. The lowest BCUT2D eigenvalue weighted by Gasteiger charge is -2.19. The van der Waals surface area contributed by atoms with Gasteiger partial charge in [-0.2, -0.15) is 0 Å². The molecule has 0 aromatic heterocycles. The van der Waals surface area contributed by atoms with Crippen molar-refractivity contribution in [3.63, 3.8) is 0 Å². The van der Waals surface area contributed by atoms with Crippen molar-refractivity contribution < 1.29 is 0 Å². The average molecular weight is 351 g/mol. The molecule has 0 saturated heterocycles. The van der Waals surface area contributed by atoms with Gasteiger partial charge in [0.15, 0.2) is 5.17 Å². The van der Waals surface area contributed by atoms with Crippen LogP contribution >= 0.6 is 35.0 Å². The molecule has 2 aromatic rings. The molecule has 22 heavy (non-hydrogen) atoms. The molecule has 3 rings (SSSR count). The highest BCUT2D eigenvalue weighted by atomic mass is 35.5. The first-order chi connectivity index (χ1) is 10.7. The zero-order chi connectivity index (χ0) is 15.5. The van der Waals surface area contributed by atoms with E-state index in [0.29, 0.717) is 0 Å². The molecule has 0 spiro atoms. The van der Waals surface area contributed by atoms with Gasteiger partial charge in [0.25, 0.3) is 0 Å². The summed E-state index contributed by atoms with van der Waals surface area (Å²) in [7, 11) is 0. The van der Waals surface area contributed by atoms with Gasteiger partial charge in [-0.1, -0.05) is 66.2 Å². The molecular formula is C17H16Cl2N2S. The molecule has 114 valence electrons. The van der Waals surface area contributed by atoms with Crippen molar-refractivity contribution in [2.45, 2.75) is 19.0 Å². The van der Waals surface area contributed by atoms with E-state index in [0.717, 1.165) is 26.5 Å². The molecule has 2 nitrogen and oxygen atoms in total. The van der Waals surface area contributed by atoms with Crippen molar-refractivity contribution in [2.75, 3.05) is 5.75 Å². The van der Waals surface area contributed by atoms with Crippen LogP contribution in [0.25, 0.3) is 0 Å². The first kappa shape index (κ1) is 15.7. The third-order valence-electron chi connectivity index (χ3n) is 3.57. The smallest absolute Gasteiger partial charge is 0.157 e. The third kappa shape index (κ3) is 3.43. The summed E-state index contributed by atoms with van der Waals surface area (Å²) in [6.07, 6.45) is 0. The van der Waals surface area contributed by atoms with Gasteiger partial charge in [-0.3, -0.25) is 4.99 Å². The normalized spacial score (nSPS) is 20.6. The van der Waals surface area contributed by atoms with Crippen molar-refractivity contribution in [1.82, 2.24) is 5.32 Å². The van der Waals surface area contributed by atoms with Gasteiger partial charge in [0.05, 0.1) is 6.04 Å². The van der Waals surface area contributed by atoms with E-state index in [2.05, 4.69) is 24.4 Å². The molecule has 5 heteroatoms. The maximum atomic E-state index is 6.00. The molecule has 0 radical (unpaired) electrons. The fourth-order valence-electron chi connectivity index (χ4n) is 2.53. The predicted octanol–water partition coefficient (Wildman–Crippen LogP) is 5.49. The minimum atomic E-state index is 0.0486. The Hall–Kier alpha value is -1.16. The van der Waals surface area contributed by atoms with Crippen LogP contribution in [0.4, 0.5) is 0 Å². The molecular weight excluding hydrogens is 335 g/mol. The minimum absolute atomic E-state index is 0.0486. The van der Waals surface area contributed by atoms with Crippen molar-refractivity contribution in [2.24, 2.45) is 4.99 Å². The second-order valence-electron chi connectivity index (χ2n) is 5.04. The number of nitrogens with one attached hydrogen (secondary N) is 1. The molecule has 1 N–H and O–H groups in total. The molecule has 0 bridgehead atoms. The van der Waals surface area contributed by atoms with Crippen LogP contribution in [-0.2, 0) is 0 Å². The Morgan fingerprint density at radius 1 is 0.955 bits per heavy atom. The summed E-state index contributed by atoms with van der Waals surface area (Å²) in [5.41, 5.74) is 2.34. The van der Waals surface area contributed by atoms with Crippen LogP contribution < -0.4 is 5.32 Å². The zero-order valence-electron chi connectivity index (χ0n) is 12.1. The number of rotatable bonds is 3. The lowest BCUT2D eigenvalue weighted by Crippen LogP contribution is -2.22. The van der Waals surface area contributed by atoms with E-state index in [1.54, 1.807) is 11.8 Å². The van der Waals surface area contributed by atoms with Gasteiger partial charge in [-0.05, 0) is 41.1 Å². The highest BCUT2D eigenvalue weighted by molar-refractivity contribution is 8.13. The van der Waals surface area contributed by atoms with E-state index in [1.165, 1.54) is 5.56 Å². The van der Waals surface area contributed by atoms with Crippen molar-refractivity contribution in [3.8, 4) is 0 Å². The fourth-order valence-corrected chi connectivity index (χ4v) is 3.45. The molecule has 0 amide bonds. The first-order valence-corrected chi connectivity index (χ1v) is 8.89. The standard InChI is InChI=1S/C17H16Cl2N2S/c1-2-22-17-20-15(11-3-7-13(18)8-4-11)16(21-17)12-5-9-14(19)10-6-12/h3-10,15-16H,2H2,1H3,(H,20,21)/t15-,16+. The van der Waals surface area contributed by atoms with Crippen LogP contribution in [-0.4, -0.2) is 10.9 Å². The fraction of sp³-hybridized carbons (Fsp3) is 0.235. The van der Waals surface area contributed by atoms with E-state index < -0.39 is 0 Å². The summed E-state index contributed by atoms with van der Waals surface area (Å²) < 4.78 is 0. The zero-order valence-corrected chi connectivity index (χ0v) is 14.4. The Bertz CT molecular complexity index is 668. The SMILES string of the molecule is CCSC1=N[C@H](c2ccc(Cl)cc2)[C@H](c2ccc(Cl)cc2)N1. The quantitative estimate of drug-likeness (QED) is 0.791. The molecule has 1 aliphatic rings. The summed E-state index contributed by atoms with van der Waals surface area (Å²) in [5.74, 6) is 0.993. The second-order valence-corrected chi connectivity index (χ2v) is 7.16. The Balaban J connectivity index is 1.93. The van der Waals surface area contributed by atoms with E-state index in [4.69, 9.17) is 28.2 Å². The number of hydrogen-bond acceptors (Lipinski definition) is 3. The predicted molar refractivity (Wildman–Crippen MR) is 97.1 cm³/mol. The highest BCUT2D eigenvalue weighted by Gasteiger charge is 2.31. The third-order valence-corrected chi connectivity index (χ3v) is 4.86. The maximum absolute atomic E-state index is 6.00. The Kier molecular flexibility index (Phi) is 4.97. The van der Waals surface area contributed by atoms with Crippen LogP contribution in [0.5, 0.6) is 0 Å². The van der Waals surface area contributed by atoms with E-state index in [9.17, 15) is 0 Å². The minimum Gasteiger partial charge on any atom is -0.356 e. The van der Waals surface area contributed by atoms with Gasteiger partial charge in [-0.25, -0.2) is 0 Å². The number of halogens is 2. The molecule has 0 fully saturated rings. The summed E-state index contributed by atoms with van der Waals surface area (Å²) in [5, 5.41) is 6.00. The highest BCUT2D eigenvalue weighted by Crippen LogP contribution is 2.38. The summed E-state index contributed by atoms with van der Waals surface area (Å²) in [6.45, 7) is 2.13. The molecule has 2 atom stereocenters. The van der Waals surface area contributed by atoms with E-state index in [1.807, 2.05) is 36.4 Å². The lowest BCUT2D eigenvalue weighted by molar-refractivity contribution is 0.573. The van der Waals surface area contributed by atoms with Crippen molar-refractivity contribution >= 4 is 40.1 Å². The Labute approximate surface area is 144 Å². The molecule has 0 aliphatic carbocycles. The molecule has 0 unspecified atom stereocenters. The summed E-state index contributed by atoms with van der Waals surface area (Å²) >= 11 is 13.7. The molecule has 1 aliphatic heterocycles. The first-order valence-electron chi connectivity index (χ1n) is 7.15. The van der Waals surface area contributed by atoms with Crippen molar-refractivity contribution in [1.29, 1.82) is 0 Å². The number of nitrogens with zero attached hydrogens (tertiary/aromatic N) is 1. The van der Waals surface area contributed by atoms with E-state index >= 15 is 0 Å². The number of thioether (sulfide) groups is 1. The Morgan fingerprint density at radius 3 is 2.05 bits per heavy atom. The Morgan fingerprint density at radius 2 is 1.50 bits per heavy atom. The number of amidine groups is 1. The van der Waals surface area contributed by atoms with Gasteiger partial charge in [0.1, 0.15) is 6.04 Å². The van der Waals surface area contributed by atoms with Gasteiger partial charge in [0.2, 0.25) is 0 Å². The average Bonchev–Trinajstić information content (AvgIpc) is 2.93. The topological polar surface area (TPSA) is 24.4 Å². The number of hydrogen-bond donors (Lipinski definition) is 1. The second kappa shape index (κ2) is 6.95. The molecule has 1 heterocycles. The molecule has 2 aromatic carbocycles. The van der Waals surface area contributed by atoms with Gasteiger partial charge in [0, 0.05) is 10.0 Å². The number of benzene rings is 2. The van der Waals surface area contributed by atoms with Crippen molar-refractivity contribution in [3.05, 3.63) is 69.7 Å². The largest absolute Gasteiger partial charge is 0.356 e. The van der Waals surface area contributed by atoms with Crippen LogP contribution in [0.1, 0.15) is 30.1 Å². The summed E-state index contributed by atoms with van der Waals surface area (Å²) in [4.78, 5) is 4.85. The van der Waals surface area contributed by atoms with E-state index in [-0.39, 0.29) is 12.1 Å². The van der Waals surface area contributed by atoms with Gasteiger partial charge >= 0.3 is 0 Å². The lowest BCUT2D eigenvalue weighted by atomic mass is 9.95. The van der Waals surface area contributed by atoms with Gasteiger partial charge in [-0.15, -0.1) is 0 Å². The summed E-state index contributed by atoms with van der Waals surface area (Å²) in [6, 6.07) is 16.0. The van der Waals surface area contributed by atoms with Crippen LogP contribution in [0, 0.1) is 0 Å².